The normalized spacial score (nSPS) is 18.7. The van der Waals surface area contributed by atoms with Crippen LogP contribution in [0.2, 0.25) is 0 Å². The summed E-state index contributed by atoms with van der Waals surface area (Å²) in [6.45, 7) is 3.55. The quantitative estimate of drug-likeness (QED) is 0.663. The van der Waals surface area contributed by atoms with Crippen molar-refractivity contribution in [2.75, 3.05) is 29.1 Å². The second-order valence-electron chi connectivity index (χ2n) is 8.00. The van der Waals surface area contributed by atoms with Crippen molar-refractivity contribution in [2.24, 2.45) is 5.92 Å². The van der Waals surface area contributed by atoms with E-state index >= 15 is 0 Å². The Balaban J connectivity index is 1.27. The zero-order valence-electron chi connectivity index (χ0n) is 17.1. The lowest BCUT2D eigenvalue weighted by molar-refractivity contribution is -0.125. The first-order valence-electron chi connectivity index (χ1n) is 10.5. The fraction of sp³-hybridized carbons (Fsp3) is 0.455. The van der Waals surface area contributed by atoms with E-state index in [4.69, 9.17) is 0 Å². The van der Waals surface area contributed by atoms with E-state index in [-0.39, 0.29) is 23.5 Å². The van der Waals surface area contributed by atoms with Crippen molar-refractivity contribution in [1.29, 1.82) is 0 Å². The summed E-state index contributed by atoms with van der Waals surface area (Å²) in [5.41, 5.74) is 1.90. The summed E-state index contributed by atoms with van der Waals surface area (Å²) >= 11 is 1.36. The van der Waals surface area contributed by atoms with Crippen LogP contribution in [-0.4, -0.2) is 46.9 Å². The van der Waals surface area contributed by atoms with Crippen LogP contribution in [-0.2, 0) is 9.59 Å². The number of thioether (sulfide) groups is 1. The van der Waals surface area contributed by atoms with E-state index in [2.05, 4.69) is 25.7 Å². The zero-order valence-corrected chi connectivity index (χ0v) is 18.0. The smallest absolute Gasteiger partial charge is 0.234 e. The lowest BCUT2D eigenvalue weighted by Crippen LogP contribution is -2.44. The Hall–Kier alpha value is -2.61. The number of hydrogen-bond donors (Lipinski definition) is 2. The number of nitrogens with zero attached hydrogens (tertiary/aromatic N) is 3. The fourth-order valence-electron chi connectivity index (χ4n) is 3.56. The van der Waals surface area contributed by atoms with Gasteiger partial charge < -0.3 is 15.5 Å². The third-order valence-corrected chi connectivity index (χ3v) is 6.24. The lowest BCUT2D eigenvalue weighted by Gasteiger charge is -2.32. The predicted octanol–water partition coefficient (Wildman–Crippen LogP) is 3.01. The Morgan fingerprint density at radius 1 is 1.17 bits per heavy atom. The Morgan fingerprint density at radius 3 is 2.77 bits per heavy atom. The molecule has 2 amide bonds. The molecule has 30 heavy (non-hydrogen) atoms. The monoisotopic (exact) mass is 425 g/mol. The number of amides is 2. The van der Waals surface area contributed by atoms with E-state index < -0.39 is 0 Å². The molecular weight excluding hydrogens is 398 g/mol. The van der Waals surface area contributed by atoms with Crippen LogP contribution in [0.4, 0.5) is 11.5 Å². The highest BCUT2D eigenvalue weighted by molar-refractivity contribution is 7.99. The molecular formula is C22H27N5O2S. The molecule has 8 heteroatoms. The molecule has 0 bridgehead atoms. The van der Waals surface area contributed by atoms with Crippen molar-refractivity contribution >= 4 is 35.1 Å². The van der Waals surface area contributed by atoms with Crippen molar-refractivity contribution in [3.8, 4) is 0 Å². The van der Waals surface area contributed by atoms with E-state index in [0.29, 0.717) is 17.6 Å². The van der Waals surface area contributed by atoms with Crippen LogP contribution in [0.1, 0.15) is 31.2 Å². The molecule has 2 N–H and O–H groups in total. The van der Waals surface area contributed by atoms with Gasteiger partial charge in [-0.2, -0.15) is 0 Å². The molecule has 2 fully saturated rings. The number of piperidine rings is 1. The summed E-state index contributed by atoms with van der Waals surface area (Å²) in [5, 5.41) is 15.3. The first-order chi connectivity index (χ1) is 14.6. The molecule has 0 radical (unpaired) electrons. The number of carbonyl (C=O) groups is 2. The van der Waals surface area contributed by atoms with Crippen LogP contribution in [0.25, 0.3) is 0 Å². The highest BCUT2D eigenvalue weighted by Gasteiger charge is 2.30. The van der Waals surface area contributed by atoms with Gasteiger partial charge in [0, 0.05) is 24.8 Å². The van der Waals surface area contributed by atoms with Crippen LogP contribution in [0, 0.1) is 12.8 Å². The van der Waals surface area contributed by atoms with Gasteiger partial charge in [0.2, 0.25) is 11.8 Å². The third-order valence-electron chi connectivity index (χ3n) is 5.32. The van der Waals surface area contributed by atoms with Crippen LogP contribution in [0.5, 0.6) is 0 Å². The number of rotatable bonds is 7. The highest BCUT2D eigenvalue weighted by atomic mass is 32.2. The van der Waals surface area contributed by atoms with E-state index in [1.54, 1.807) is 0 Å². The summed E-state index contributed by atoms with van der Waals surface area (Å²) in [4.78, 5) is 26.7. The maximum Gasteiger partial charge on any atom is 0.234 e. The van der Waals surface area contributed by atoms with Crippen molar-refractivity contribution < 1.29 is 9.59 Å². The van der Waals surface area contributed by atoms with Crippen LogP contribution in [0.3, 0.4) is 0 Å². The molecule has 1 aromatic heterocycles. The van der Waals surface area contributed by atoms with Gasteiger partial charge in [-0.25, -0.2) is 0 Å². The van der Waals surface area contributed by atoms with Gasteiger partial charge in [-0.3, -0.25) is 9.59 Å². The number of carbonyl (C=O) groups excluding carboxylic acids is 2. The van der Waals surface area contributed by atoms with Crippen LogP contribution in [0.15, 0.2) is 41.4 Å². The van der Waals surface area contributed by atoms with E-state index in [0.717, 1.165) is 49.3 Å². The van der Waals surface area contributed by atoms with Gasteiger partial charge in [0.25, 0.3) is 0 Å². The number of aromatic nitrogens is 2. The van der Waals surface area contributed by atoms with Gasteiger partial charge in [0.05, 0.1) is 11.7 Å². The van der Waals surface area contributed by atoms with Crippen molar-refractivity contribution in [3.63, 3.8) is 0 Å². The molecule has 1 atom stereocenters. The zero-order chi connectivity index (χ0) is 20.9. The van der Waals surface area contributed by atoms with Crippen LogP contribution >= 0.6 is 11.8 Å². The van der Waals surface area contributed by atoms with Gasteiger partial charge in [-0.15, -0.1) is 10.2 Å². The van der Waals surface area contributed by atoms with Crippen molar-refractivity contribution in [2.45, 2.75) is 43.7 Å². The summed E-state index contributed by atoms with van der Waals surface area (Å²) < 4.78 is 0. The molecule has 1 aromatic carbocycles. The predicted molar refractivity (Wildman–Crippen MR) is 119 cm³/mol. The lowest BCUT2D eigenvalue weighted by atomic mass is 9.97. The number of nitrogens with one attached hydrogen (secondary N) is 2. The second-order valence-corrected chi connectivity index (χ2v) is 9.00. The van der Waals surface area contributed by atoms with Gasteiger partial charge >= 0.3 is 0 Å². The Bertz CT molecular complexity index is 901. The Kier molecular flexibility index (Phi) is 6.52. The Morgan fingerprint density at radius 2 is 2.03 bits per heavy atom. The third kappa shape index (κ3) is 5.72. The molecule has 1 saturated heterocycles. The largest absolute Gasteiger partial charge is 0.354 e. The summed E-state index contributed by atoms with van der Waals surface area (Å²) in [7, 11) is 0. The fourth-order valence-corrected chi connectivity index (χ4v) is 4.18. The van der Waals surface area contributed by atoms with E-state index in [9.17, 15) is 9.59 Å². The minimum absolute atomic E-state index is 0.0144. The van der Waals surface area contributed by atoms with Gasteiger partial charge in [0.1, 0.15) is 5.03 Å². The standard InChI is InChI=1S/C22H27N5O2S/c1-15-4-2-6-18(12-15)23-20(28)14-30-21-10-9-19(25-26-21)27-11-3-5-16(13-27)22(29)24-17-7-8-17/h2,4,6,9-10,12,16-17H,3,5,7-8,11,13-14H2,1H3,(H,23,28)(H,24,29). The average Bonchev–Trinajstić information content (AvgIpc) is 3.57. The first-order valence-corrected chi connectivity index (χ1v) is 11.4. The molecule has 7 nitrogen and oxygen atoms in total. The van der Waals surface area contributed by atoms with Gasteiger partial charge in [-0.1, -0.05) is 23.9 Å². The number of hydrogen-bond acceptors (Lipinski definition) is 6. The van der Waals surface area contributed by atoms with E-state index in [1.165, 1.54) is 11.8 Å². The molecule has 1 aliphatic carbocycles. The molecule has 4 rings (SSSR count). The second kappa shape index (κ2) is 9.47. The molecule has 1 aliphatic heterocycles. The average molecular weight is 426 g/mol. The van der Waals surface area contributed by atoms with E-state index in [1.807, 2.05) is 43.3 Å². The summed E-state index contributed by atoms with van der Waals surface area (Å²) in [6.07, 6.45) is 4.11. The van der Waals surface area contributed by atoms with Gasteiger partial charge in [0.15, 0.2) is 5.82 Å². The molecule has 2 heterocycles. The highest BCUT2D eigenvalue weighted by Crippen LogP contribution is 2.25. The number of aryl methyl sites for hydroxylation is 1. The molecule has 0 spiro atoms. The van der Waals surface area contributed by atoms with Gasteiger partial charge in [-0.05, 0) is 62.4 Å². The van der Waals surface area contributed by atoms with Crippen LogP contribution < -0.4 is 15.5 Å². The van der Waals surface area contributed by atoms with Crippen molar-refractivity contribution in [1.82, 2.24) is 15.5 Å². The minimum atomic E-state index is -0.0722. The first kappa shape index (κ1) is 20.7. The number of anilines is 2. The minimum Gasteiger partial charge on any atom is -0.354 e. The maximum absolute atomic E-state index is 12.4. The molecule has 158 valence electrons. The molecule has 1 unspecified atom stereocenters. The molecule has 2 aliphatic rings. The maximum atomic E-state index is 12.4. The van der Waals surface area contributed by atoms with Crippen molar-refractivity contribution in [3.05, 3.63) is 42.0 Å². The SMILES string of the molecule is Cc1cccc(NC(=O)CSc2ccc(N3CCCC(C(=O)NC4CC4)C3)nn2)c1. The topological polar surface area (TPSA) is 87.2 Å². The Labute approximate surface area is 181 Å². The molecule has 2 aromatic rings. The summed E-state index contributed by atoms with van der Waals surface area (Å²) in [6, 6.07) is 11.9. The summed E-state index contributed by atoms with van der Waals surface area (Å²) in [5.74, 6) is 1.17. The number of benzene rings is 1. The molecule has 1 saturated carbocycles.